The molecule has 0 aliphatic rings. The van der Waals surface area contributed by atoms with Crippen molar-refractivity contribution in [3.8, 4) is 0 Å². The molecule has 0 aromatic carbocycles. The average molecular weight is 328 g/mol. The Morgan fingerprint density at radius 3 is 1.25 bits per heavy atom. The Bertz CT molecular complexity index is 8.00. The molecule has 0 spiro atoms. The van der Waals surface area contributed by atoms with Crippen molar-refractivity contribution in [3.63, 3.8) is 0 Å². The first-order valence-electron chi connectivity index (χ1n) is 0.183. The Balaban J connectivity index is -0.00000000500. The smallest absolute Gasteiger partial charge is 0 e. The molecule has 0 heterocycles. The van der Waals surface area contributed by atoms with E-state index in [4.69, 9.17) is 0 Å². The molecule has 0 aliphatic carbocycles. The van der Waals surface area contributed by atoms with Crippen LogP contribution in [0.3, 0.4) is 0 Å². The van der Waals surface area contributed by atoms with Gasteiger partial charge in [0.2, 0.25) is 0 Å². The minimum absolute atomic E-state index is 0. The van der Waals surface area contributed by atoms with Crippen LogP contribution in [0.4, 0.5) is 0 Å². The molecule has 0 saturated heterocycles. The monoisotopic (exact) mass is 330 g/mol. The van der Waals surface area contributed by atoms with Gasteiger partial charge in [0, 0.05) is 36.5 Å². The second-order valence-electron chi connectivity index (χ2n) is 0. The molecule has 4 heteroatoms. The maximum absolute atomic E-state index is 2.32. The molecule has 0 saturated carbocycles. The summed E-state index contributed by atoms with van der Waals surface area (Å²) in [7, 11) is 0. The number of hydrogen-bond acceptors (Lipinski definition) is 0. The predicted molar refractivity (Wildman–Crippen MR) is 12.9 cm³/mol. The zero-order valence-corrected chi connectivity index (χ0v) is 10.3. The van der Waals surface area contributed by atoms with E-state index in [9.17, 15) is 0 Å². The molecular weight excluding hydrogens is 327 g/mol. The first kappa shape index (κ1) is 16.1. The van der Waals surface area contributed by atoms with Gasteiger partial charge in [-0.2, -0.15) is 0 Å². The Hall–Kier alpha value is 2.45. The minimum Gasteiger partial charge on any atom is 0 e. The fourth-order valence-corrected chi connectivity index (χ4v) is 0. The summed E-state index contributed by atoms with van der Waals surface area (Å²) in [5.74, 6) is 0. The Morgan fingerprint density at radius 2 is 1.25 bits per heavy atom. The molecule has 0 aromatic heterocycles. The number of hydrogen-bond donors (Lipinski definition) is 0. The molecule has 22 valence electrons. The van der Waals surface area contributed by atoms with Crippen LogP contribution in [0.1, 0.15) is 0 Å². The van der Waals surface area contributed by atoms with Gasteiger partial charge in [-0.25, -0.2) is 0 Å². The van der Waals surface area contributed by atoms with Gasteiger partial charge in [-0.1, -0.05) is 0 Å². The van der Waals surface area contributed by atoms with Crippen LogP contribution in [0.25, 0.3) is 0 Å². The molecule has 0 N–H and O–H groups in total. The first-order chi connectivity index (χ1) is 1.00. The summed E-state index contributed by atoms with van der Waals surface area (Å²) in [4.78, 5) is 0. The third kappa shape index (κ3) is 8.82. The Morgan fingerprint density at radius 1 is 1.25 bits per heavy atom. The first-order valence-corrected chi connectivity index (χ1v) is 6.36. The third-order valence-electron chi connectivity index (χ3n) is 0. The standard InChI is InChI=1S/Mn.HSeTe.Zn/c;1-2;/h;1H;. The van der Waals surface area contributed by atoms with E-state index in [1.54, 1.807) is 0 Å². The summed E-state index contributed by atoms with van der Waals surface area (Å²) in [6.45, 7) is 0. The van der Waals surface area contributed by atoms with Crippen molar-refractivity contribution in [2.24, 2.45) is 0 Å². The van der Waals surface area contributed by atoms with Crippen LogP contribution >= 0.6 is 0 Å². The molecule has 0 amide bonds. The van der Waals surface area contributed by atoms with Gasteiger partial charge in [-0.05, 0) is 0 Å². The molecule has 4 heavy (non-hydrogen) atoms. The molecule has 2 radical (unpaired) electrons. The third-order valence-corrected chi connectivity index (χ3v) is 0. The topological polar surface area (TPSA) is 0 Å². The SMILES string of the molecule is [Mn].[SeH][Te].[Zn]. The normalized spacial score (nSPS) is 1.50. The van der Waals surface area contributed by atoms with Gasteiger partial charge in [-0.3, -0.25) is 0 Å². The molecule has 0 aromatic rings. The summed E-state index contributed by atoms with van der Waals surface area (Å²) in [6, 6.07) is 0. The quantitative estimate of drug-likeness (QED) is 0.499. The second-order valence-corrected chi connectivity index (χ2v) is 0. The van der Waals surface area contributed by atoms with E-state index in [0.717, 1.165) is 0 Å². The summed E-state index contributed by atoms with van der Waals surface area (Å²) in [6.07, 6.45) is 0. The summed E-state index contributed by atoms with van der Waals surface area (Å²) in [5, 5.41) is 0. The molecule has 0 bridgehead atoms. The van der Waals surface area contributed by atoms with Crippen molar-refractivity contribution in [1.82, 2.24) is 0 Å². The Labute approximate surface area is 68.5 Å². The molecule has 0 aliphatic heterocycles. The van der Waals surface area contributed by atoms with E-state index in [-0.39, 0.29) is 36.5 Å². The van der Waals surface area contributed by atoms with Crippen LogP contribution in [0.2, 0.25) is 0 Å². The van der Waals surface area contributed by atoms with Gasteiger partial charge >= 0.3 is 32.9 Å². The van der Waals surface area contributed by atoms with Crippen molar-refractivity contribution in [2.45, 2.75) is 0 Å². The van der Waals surface area contributed by atoms with E-state index in [1.807, 2.05) is 20.1 Å². The van der Waals surface area contributed by atoms with Crippen molar-refractivity contribution in [1.29, 1.82) is 0 Å². The molecule has 0 unspecified atom stereocenters. The number of rotatable bonds is 0. The van der Waals surface area contributed by atoms with Crippen LogP contribution in [-0.2, 0) is 36.5 Å². The van der Waals surface area contributed by atoms with Gasteiger partial charge in [0.15, 0.2) is 0 Å². The van der Waals surface area contributed by atoms with Gasteiger partial charge in [0.05, 0.1) is 0 Å². The van der Waals surface area contributed by atoms with Gasteiger partial charge < -0.3 is 0 Å². The van der Waals surface area contributed by atoms with Crippen LogP contribution in [0.5, 0.6) is 0 Å². The van der Waals surface area contributed by atoms with Crippen molar-refractivity contribution < 1.29 is 36.5 Å². The molecule has 0 atom stereocenters. The van der Waals surface area contributed by atoms with Crippen LogP contribution in [0, 0.1) is 0 Å². The summed E-state index contributed by atoms with van der Waals surface area (Å²) < 4.78 is 0. The molecule has 0 nitrogen and oxygen atoms in total. The summed E-state index contributed by atoms with van der Waals surface area (Å²) in [5.41, 5.74) is 0. The van der Waals surface area contributed by atoms with Crippen LogP contribution < -0.4 is 0 Å². The van der Waals surface area contributed by atoms with Crippen molar-refractivity contribution in [3.05, 3.63) is 0 Å². The molecule has 0 rings (SSSR count). The van der Waals surface area contributed by atoms with Crippen LogP contribution in [0.15, 0.2) is 0 Å². The maximum Gasteiger partial charge on any atom is 0 e. The van der Waals surface area contributed by atoms with Gasteiger partial charge in [-0.15, -0.1) is 0 Å². The molecule has 0 fully saturated rings. The largest absolute Gasteiger partial charge is 0 e. The second kappa shape index (κ2) is 18.0. The Kier molecular flexibility index (Phi) is 72.3. The van der Waals surface area contributed by atoms with E-state index < -0.39 is 0 Å². The zero-order chi connectivity index (χ0) is 2.00. The predicted octanol–water partition coefficient (Wildman–Crippen LogP) is -1.03. The zero-order valence-electron chi connectivity index (χ0n) is 1.94. The fourth-order valence-electron chi connectivity index (χ4n) is 0. The van der Waals surface area contributed by atoms with Crippen molar-refractivity contribution >= 4 is 32.9 Å². The van der Waals surface area contributed by atoms with E-state index >= 15 is 0 Å². The fraction of sp³-hybridized carbons (Fsp3) is 0. The summed E-state index contributed by atoms with van der Waals surface area (Å²) >= 11 is 4.21. The van der Waals surface area contributed by atoms with E-state index in [0.29, 0.717) is 0 Å². The maximum atomic E-state index is 2.32. The van der Waals surface area contributed by atoms with E-state index in [2.05, 4.69) is 12.8 Å². The van der Waals surface area contributed by atoms with Gasteiger partial charge in [0.1, 0.15) is 0 Å². The minimum atomic E-state index is 0. The average Bonchev–Trinajstić information content (AvgIpc) is 1.00. The van der Waals surface area contributed by atoms with E-state index in [1.165, 1.54) is 0 Å². The van der Waals surface area contributed by atoms with Gasteiger partial charge in [0.25, 0.3) is 0 Å². The van der Waals surface area contributed by atoms with Crippen LogP contribution in [-0.4, -0.2) is 32.9 Å². The molecular formula is HMnSeTeZn. The van der Waals surface area contributed by atoms with Crippen molar-refractivity contribution in [2.75, 3.05) is 0 Å².